The van der Waals surface area contributed by atoms with E-state index in [1.54, 1.807) is 6.92 Å². The van der Waals surface area contributed by atoms with E-state index in [1.807, 2.05) is 24.3 Å². The maximum Gasteiger partial charge on any atom is 0.240 e. The van der Waals surface area contributed by atoms with E-state index in [9.17, 15) is 0 Å². The van der Waals surface area contributed by atoms with E-state index >= 15 is 0 Å². The van der Waals surface area contributed by atoms with Crippen molar-refractivity contribution in [3.63, 3.8) is 0 Å². The van der Waals surface area contributed by atoms with Crippen LogP contribution in [0, 0.1) is 6.92 Å². The Kier molecular flexibility index (Phi) is 2.55. The van der Waals surface area contributed by atoms with Crippen LogP contribution in [-0.2, 0) is 13.6 Å². The molecule has 1 aromatic carbocycles. The number of aromatic nitrogens is 8. The van der Waals surface area contributed by atoms with Gasteiger partial charge in [-0.2, -0.15) is 4.52 Å². The minimum atomic E-state index is -2.42. The van der Waals surface area contributed by atoms with Crippen LogP contribution < -0.4 is 4.74 Å². The number of hydrogen-bond acceptors (Lipinski definition) is 8. The quantitative estimate of drug-likeness (QED) is 0.475. The van der Waals surface area contributed by atoms with Crippen LogP contribution >= 0.6 is 0 Å². The second-order valence-electron chi connectivity index (χ2n) is 5.77. The molecule has 5 aromatic rings. The Morgan fingerprint density at radius 2 is 2.11 bits per heavy atom. The van der Waals surface area contributed by atoms with Crippen LogP contribution in [0.1, 0.15) is 16.9 Å². The fourth-order valence-electron chi connectivity index (χ4n) is 2.74. The molecule has 0 atom stereocenters. The maximum absolute atomic E-state index is 8.13. The second kappa shape index (κ2) is 5.87. The lowest BCUT2D eigenvalue weighted by Gasteiger charge is -2.08. The largest absolute Gasteiger partial charge is 0.470 e. The van der Waals surface area contributed by atoms with E-state index in [-0.39, 0.29) is 30.0 Å². The van der Waals surface area contributed by atoms with Crippen LogP contribution in [0.3, 0.4) is 0 Å². The van der Waals surface area contributed by atoms with Crippen LogP contribution in [0.5, 0.6) is 5.88 Å². The number of ether oxygens (including phenoxy) is 1. The van der Waals surface area contributed by atoms with Gasteiger partial charge in [0.1, 0.15) is 18.1 Å². The highest BCUT2D eigenvalue weighted by molar-refractivity contribution is 5.96. The van der Waals surface area contributed by atoms with Crippen LogP contribution in [0.15, 0.2) is 41.0 Å². The molecular formula is C17H14N8O2. The Labute approximate surface area is 158 Å². The molecule has 0 fully saturated rings. The summed E-state index contributed by atoms with van der Waals surface area (Å²) < 4.78 is 43.4. The third kappa shape index (κ3) is 2.58. The number of aryl methyl sites for hydroxylation is 2. The van der Waals surface area contributed by atoms with Gasteiger partial charge >= 0.3 is 0 Å². The lowest BCUT2D eigenvalue weighted by molar-refractivity contribution is 0.289. The number of hydrogen-bond donors (Lipinski definition) is 0. The van der Waals surface area contributed by atoms with E-state index < -0.39 is 6.98 Å². The average Bonchev–Trinajstić information content (AvgIpc) is 3.46. The summed E-state index contributed by atoms with van der Waals surface area (Å²) in [6, 6.07) is 7.43. The van der Waals surface area contributed by atoms with Crippen molar-refractivity contribution in [3.05, 3.63) is 48.0 Å². The van der Waals surface area contributed by atoms with Crippen LogP contribution in [0.25, 0.3) is 27.9 Å². The van der Waals surface area contributed by atoms with Gasteiger partial charge in [0.15, 0.2) is 11.3 Å². The molecule has 0 bridgehead atoms. The normalized spacial score (nSPS) is 14.1. The lowest BCUT2D eigenvalue weighted by Crippen LogP contribution is -2.03. The van der Waals surface area contributed by atoms with E-state index in [1.165, 1.54) is 10.7 Å². The molecule has 4 aromatic heterocycles. The van der Waals surface area contributed by atoms with Gasteiger partial charge in [-0.3, -0.25) is 4.68 Å². The number of benzene rings is 1. The number of nitrogens with zero attached hydrogens (tertiary/aromatic N) is 8. The molecule has 0 spiro atoms. The van der Waals surface area contributed by atoms with Crippen molar-refractivity contribution in [1.29, 1.82) is 0 Å². The third-order valence-electron chi connectivity index (χ3n) is 3.91. The highest BCUT2D eigenvalue weighted by Crippen LogP contribution is 2.29. The van der Waals surface area contributed by atoms with Gasteiger partial charge < -0.3 is 9.26 Å². The Morgan fingerprint density at radius 1 is 1.22 bits per heavy atom. The minimum Gasteiger partial charge on any atom is -0.470 e. The molecule has 0 saturated heterocycles. The minimum absolute atomic E-state index is 0.0528. The first-order valence-corrected chi connectivity index (χ1v) is 7.95. The monoisotopic (exact) mass is 366 g/mol. The van der Waals surface area contributed by atoms with Crippen molar-refractivity contribution >= 4 is 16.4 Å². The van der Waals surface area contributed by atoms with Crippen molar-refractivity contribution < 1.29 is 14.7 Å². The molecule has 10 nitrogen and oxygen atoms in total. The van der Waals surface area contributed by atoms with Gasteiger partial charge in [0.05, 0.1) is 7.57 Å². The van der Waals surface area contributed by atoms with Crippen molar-refractivity contribution in [2.75, 3.05) is 0 Å². The maximum atomic E-state index is 8.13. The van der Waals surface area contributed by atoms with Gasteiger partial charge in [0.25, 0.3) is 0 Å². The SMILES string of the molecule is [2H]c1c(-c2nnc3c4ccccc4c(OCc4cn(C([2H])([2H])[2H])nn4)nn23)noc1C. The first-order valence-electron chi connectivity index (χ1n) is 9.95. The molecule has 5 rings (SSSR count). The molecule has 134 valence electrons. The Bertz CT molecular complexity index is 1420. The van der Waals surface area contributed by atoms with Gasteiger partial charge in [-0.1, -0.05) is 28.6 Å². The zero-order valence-corrected chi connectivity index (χ0v) is 14.0. The molecule has 0 N–H and O–H groups in total. The number of fused-ring (bicyclic) bond motifs is 3. The van der Waals surface area contributed by atoms with Crippen LogP contribution in [0.4, 0.5) is 0 Å². The van der Waals surface area contributed by atoms with E-state index in [2.05, 4.69) is 30.8 Å². The highest BCUT2D eigenvalue weighted by Gasteiger charge is 2.18. The Balaban J connectivity index is 1.59. The summed E-state index contributed by atoms with van der Waals surface area (Å²) in [7, 11) is 0. The van der Waals surface area contributed by atoms with E-state index in [0.29, 0.717) is 22.5 Å². The molecular weight excluding hydrogens is 348 g/mol. The molecule has 0 aliphatic heterocycles. The zero-order chi connectivity index (χ0) is 21.8. The molecule has 4 heterocycles. The van der Waals surface area contributed by atoms with Gasteiger partial charge in [-0.25, -0.2) is 0 Å². The zero-order valence-electron chi connectivity index (χ0n) is 18.0. The predicted octanol–water partition coefficient (Wildman–Crippen LogP) is 1.95. The molecule has 0 amide bonds. The van der Waals surface area contributed by atoms with Gasteiger partial charge in [-0.15, -0.1) is 20.4 Å². The van der Waals surface area contributed by atoms with E-state index in [4.69, 9.17) is 14.7 Å². The van der Waals surface area contributed by atoms with Crippen molar-refractivity contribution in [3.8, 4) is 17.4 Å². The Morgan fingerprint density at radius 3 is 2.89 bits per heavy atom. The standard InChI is InChI=1S/C17H14N8O2/c1-10-7-14(22-27-10)16-20-19-15-12-5-3-4-6-13(12)17(21-25(15)16)26-9-11-8-24(2)23-18-11/h3-8H,9H2,1-2H3/i2D3,7D. The summed E-state index contributed by atoms with van der Waals surface area (Å²) in [4.78, 5) is 0. The van der Waals surface area contributed by atoms with E-state index in [0.717, 1.165) is 10.1 Å². The van der Waals surface area contributed by atoms with Gasteiger partial charge in [-0.05, 0) is 13.0 Å². The first-order chi connectivity index (χ1) is 14.8. The summed E-state index contributed by atoms with van der Waals surface area (Å²) in [5, 5.41) is 25.6. The summed E-state index contributed by atoms with van der Waals surface area (Å²) in [5.74, 6) is 0.835. The van der Waals surface area contributed by atoms with Gasteiger partial charge in [0, 0.05) is 27.9 Å². The molecule has 0 unspecified atom stereocenters. The van der Waals surface area contributed by atoms with Crippen LogP contribution in [0.2, 0.25) is 0 Å². The highest BCUT2D eigenvalue weighted by atomic mass is 16.5. The summed E-state index contributed by atoms with van der Waals surface area (Å²) >= 11 is 0. The fourth-order valence-corrected chi connectivity index (χ4v) is 2.74. The Hall–Kier alpha value is -3.82. The number of rotatable bonds is 4. The topological polar surface area (TPSA) is 109 Å². The molecule has 0 saturated carbocycles. The molecule has 27 heavy (non-hydrogen) atoms. The van der Waals surface area contributed by atoms with Crippen molar-refractivity contribution in [1.82, 2.24) is 40.0 Å². The third-order valence-corrected chi connectivity index (χ3v) is 3.91. The van der Waals surface area contributed by atoms with Crippen molar-refractivity contribution in [2.24, 2.45) is 6.98 Å². The first kappa shape index (κ1) is 11.7. The summed E-state index contributed by atoms with van der Waals surface area (Å²) in [5.41, 5.74) is 0.998. The second-order valence-corrected chi connectivity index (χ2v) is 5.77. The smallest absolute Gasteiger partial charge is 0.240 e. The van der Waals surface area contributed by atoms with Crippen LogP contribution in [-0.4, -0.2) is 40.0 Å². The molecule has 0 aliphatic rings. The molecule has 0 aliphatic carbocycles. The van der Waals surface area contributed by atoms with Gasteiger partial charge in [0.2, 0.25) is 11.7 Å². The average molecular weight is 366 g/mol. The summed E-state index contributed by atoms with van der Waals surface area (Å²) in [6.45, 7) is -0.842. The fraction of sp³-hybridized carbons (Fsp3) is 0.176. The lowest BCUT2D eigenvalue weighted by atomic mass is 10.2. The van der Waals surface area contributed by atoms with Crippen molar-refractivity contribution in [2.45, 2.75) is 13.5 Å². The summed E-state index contributed by atoms with van der Waals surface area (Å²) in [6.07, 6.45) is 1.29. The predicted molar refractivity (Wildman–Crippen MR) is 93.9 cm³/mol. The molecule has 0 radical (unpaired) electrons. The molecule has 10 heteroatoms.